The van der Waals surface area contributed by atoms with E-state index in [-0.39, 0.29) is 6.04 Å². The van der Waals surface area contributed by atoms with E-state index in [9.17, 15) is 4.79 Å². The zero-order valence-corrected chi connectivity index (χ0v) is 11.3. The van der Waals surface area contributed by atoms with E-state index >= 15 is 0 Å². The Labute approximate surface area is 108 Å². The van der Waals surface area contributed by atoms with Crippen LogP contribution in [0.2, 0.25) is 0 Å². The molecule has 4 heteroatoms. The van der Waals surface area contributed by atoms with Crippen molar-refractivity contribution in [1.82, 2.24) is 10.2 Å². The van der Waals surface area contributed by atoms with Crippen molar-refractivity contribution >= 4 is 17.7 Å². The molecule has 0 radical (unpaired) electrons. The maximum absolute atomic E-state index is 12.3. The average molecular weight is 254 g/mol. The lowest BCUT2D eigenvalue weighted by Gasteiger charge is -2.33. The van der Waals surface area contributed by atoms with E-state index in [4.69, 9.17) is 0 Å². The number of nitrogens with one attached hydrogen (secondary N) is 1. The number of amides is 1. The van der Waals surface area contributed by atoms with E-state index in [1.54, 1.807) is 0 Å². The lowest BCUT2D eigenvalue weighted by atomic mass is 10.0. The van der Waals surface area contributed by atoms with Gasteiger partial charge in [-0.3, -0.25) is 10.1 Å². The molecule has 0 spiro atoms. The molecule has 2 aliphatic heterocycles. The number of thioether (sulfide) groups is 1. The molecule has 0 aromatic carbocycles. The highest BCUT2D eigenvalue weighted by Gasteiger charge is 2.44. The fourth-order valence-corrected chi connectivity index (χ4v) is 4.76. The van der Waals surface area contributed by atoms with Gasteiger partial charge < -0.3 is 4.90 Å². The fraction of sp³-hybridized carbons (Fsp3) is 0.923. The monoisotopic (exact) mass is 254 g/mol. The number of nitrogens with zero attached hydrogens (tertiary/aromatic N) is 1. The van der Waals surface area contributed by atoms with Crippen LogP contribution in [0.1, 0.15) is 39.0 Å². The minimum Gasteiger partial charge on any atom is -0.322 e. The second-order valence-corrected chi connectivity index (χ2v) is 6.79. The minimum absolute atomic E-state index is 0.0335. The third kappa shape index (κ3) is 2.10. The van der Waals surface area contributed by atoms with Crippen LogP contribution < -0.4 is 5.32 Å². The Balaban J connectivity index is 1.77. The van der Waals surface area contributed by atoms with Gasteiger partial charge in [0.05, 0.1) is 12.2 Å². The summed E-state index contributed by atoms with van der Waals surface area (Å²) in [6, 6.07) is 0.529. The summed E-state index contributed by atoms with van der Waals surface area (Å²) in [4.78, 5) is 14.5. The Morgan fingerprint density at radius 3 is 2.71 bits per heavy atom. The Bertz CT molecular complexity index is 298. The van der Waals surface area contributed by atoms with Crippen molar-refractivity contribution in [2.45, 2.75) is 57.3 Å². The van der Waals surface area contributed by atoms with E-state index in [0.29, 0.717) is 24.0 Å². The summed E-state index contributed by atoms with van der Waals surface area (Å²) in [7, 11) is 0. The van der Waals surface area contributed by atoms with E-state index in [0.717, 1.165) is 5.75 Å². The lowest BCUT2D eigenvalue weighted by molar-refractivity contribution is -0.132. The highest BCUT2D eigenvalue weighted by Crippen LogP contribution is 2.35. The Morgan fingerprint density at radius 2 is 2.06 bits per heavy atom. The summed E-state index contributed by atoms with van der Waals surface area (Å²) in [5.74, 6) is 3.41. The third-order valence-electron chi connectivity index (χ3n) is 4.49. The first-order valence-corrected chi connectivity index (χ1v) is 8.09. The topological polar surface area (TPSA) is 32.3 Å². The summed E-state index contributed by atoms with van der Waals surface area (Å²) in [6.07, 6.45) is 6.82. The number of carbonyl (C=O) groups is 1. The first-order chi connectivity index (χ1) is 8.27. The van der Waals surface area contributed by atoms with Gasteiger partial charge in [-0.2, -0.15) is 11.8 Å². The minimum atomic E-state index is 0.0335. The van der Waals surface area contributed by atoms with Gasteiger partial charge in [0.2, 0.25) is 5.91 Å². The SMILES string of the molecule is CC1NC(C2CCCC2)N(C2CCSC2)C1=O. The van der Waals surface area contributed by atoms with Crippen LogP contribution in [0, 0.1) is 5.92 Å². The molecule has 1 amide bonds. The Kier molecular flexibility index (Phi) is 3.35. The average Bonchev–Trinajstić information content (AvgIpc) is 3.01. The van der Waals surface area contributed by atoms with Gasteiger partial charge in [0.25, 0.3) is 0 Å². The zero-order valence-electron chi connectivity index (χ0n) is 10.5. The number of carbonyl (C=O) groups excluding carboxylic acids is 1. The van der Waals surface area contributed by atoms with Crippen molar-refractivity contribution in [3.05, 3.63) is 0 Å². The van der Waals surface area contributed by atoms with Crippen molar-refractivity contribution in [2.75, 3.05) is 11.5 Å². The standard InChI is InChI=1S/C13H22N2OS/c1-9-13(16)15(11-6-7-17-8-11)12(14-9)10-4-2-3-5-10/h9-12,14H,2-8H2,1H3. The van der Waals surface area contributed by atoms with Crippen LogP contribution >= 0.6 is 11.8 Å². The molecule has 3 fully saturated rings. The predicted molar refractivity (Wildman–Crippen MR) is 70.9 cm³/mol. The molecule has 3 rings (SSSR count). The van der Waals surface area contributed by atoms with Gasteiger partial charge in [0, 0.05) is 11.8 Å². The molecule has 96 valence electrons. The molecule has 3 atom stereocenters. The highest BCUT2D eigenvalue weighted by atomic mass is 32.2. The smallest absolute Gasteiger partial charge is 0.241 e. The van der Waals surface area contributed by atoms with E-state index in [2.05, 4.69) is 10.2 Å². The lowest BCUT2D eigenvalue weighted by Crippen LogP contribution is -2.48. The molecule has 1 saturated carbocycles. The molecule has 17 heavy (non-hydrogen) atoms. The molecular formula is C13H22N2OS. The summed E-state index contributed by atoms with van der Waals surface area (Å²) < 4.78 is 0. The van der Waals surface area contributed by atoms with Gasteiger partial charge in [0.1, 0.15) is 0 Å². The molecule has 3 aliphatic rings. The number of hydrogen-bond acceptors (Lipinski definition) is 3. The van der Waals surface area contributed by atoms with E-state index < -0.39 is 0 Å². The van der Waals surface area contributed by atoms with Crippen LogP contribution in [0.4, 0.5) is 0 Å². The molecule has 2 saturated heterocycles. The first kappa shape index (κ1) is 11.8. The van der Waals surface area contributed by atoms with Crippen LogP contribution in [0.5, 0.6) is 0 Å². The van der Waals surface area contributed by atoms with Crippen LogP contribution in [0.25, 0.3) is 0 Å². The summed E-state index contributed by atoms with van der Waals surface area (Å²) >= 11 is 2.00. The molecule has 0 aromatic heterocycles. The van der Waals surface area contributed by atoms with Crippen LogP contribution in [-0.4, -0.2) is 40.6 Å². The first-order valence-electron chi connectivity index (χ1n) is 6.93. The van der Waals surface area contributed by atoms with Crippen LogP contribution in [0.15, 0.2) is 0 Å². The molecule has 2 heterocycles. The van der Waals surface area contributed by atoms with Gasteiger partial charge in [-0.05, 0) is 37.9 Å². The zero-order chi connectivity index (χ0) is 11.8. The normalized spacial score (nSPS) is 39.5. The van der Waals surface area contributed by atoms with Gasteiger partial charge in [0.15, 0.2) is 0 Å². The molecule has 0 aromatic rings. The summed E-state index contributed by atoms with van der Waals surface area (Å²) in [5, 5.41) is 3.54. The largest absolute Gasteiger partial charge is 0.322 e. The molecule has 1 N–H and O–H groups in total. The number of rotatable bonds is 2. The molecular weight excluding hydrogens is 232 g/mol. The predicted octanol–water partition coefficient (Wildman–Crippen LogP) is 1.83. The van der Waals surface area contributed by atoms with Crippen molar-refractivity contribution in [2.24, 2.45) is 5.92 Å². The van der Waals surface area contributed by atoms with Crippen molar-refractivity contribution in [3.63, 3.8) is 0 Å². The second-order valence-electron chi connectivity index (χ2n) is 5.64. The van der Waals surface area contributed by atoms with Gasteiger partial charge in [-0.1, -0.05) is 12.8 Å². The van der Waals surface area contributed by atoms with E-state index in [1.165, 1.54) is 37.9 Å². The fourth-order valence-electron chi connectivity index (χ4n) is 3.55. The maximum Gasteiger partial charge on any atom is 0.241 e. The van der Waals surface area contributed by atoms with Gasteiger partial charge >= 0.3 is 0 Å². The van der Waals surface area contributed by atoms with Crippen molar-refractivity contribution in [1.29, 1.82) is 0 Å². The summed E-state index contributed by atoms with van der Waals surface area (Å²) in [6.45, 7) is 2.02. The van der Waals surface area contributed by atoms with Gasteiger partial charge in [-0.15, -0.1) is 0 Å². The highest BCUT2D eigenvalue weighted by molar-refractivity contribution is 7.99. The third-order valence-corrected chi connectivity index (χ3v) is 5.64. The van der Waals surface area contributed by atoms with Crippen molar-refractivity contribution < 1.29 is 4.79 Å². The number of hydrogen-bond donors (Lipinski definition) is 1. The van der Waals surface area contributed by atoms with Crippen LogP contribution in [-0.2, 0) is 4.79 Å². The quantitative estimate of drug-likeness (QED) is 0.816. The van der Waals surface area contributed by atoms with E-state index in [1.807, 2.05) is 18.7 Å². The second kappa shape index (κ2) is 4.81. The summed E-state index contributed by atoms with van der Waals surface area (Å²) in [5.41, 5.74) is 0. The maximum atomic E-state index is 12.3. The Morgan fingerprint density at radius 1 is 1.29 bits per heavy atom. The molecule has 0 bridgehead atoms. The van der Waals surface area contributed by atoms with Gasteiger partial charge in [-0.25, -0.2) is 0 Å². The molecule has 3 unspecified atom stereocenters. The van der Waals surface area contributed by atoms with Crippen LogP contribution in [0.3, 0.4) is 0 Å². The molecule has 3 nitrogen and oxygen atoms in total. The molecule has 1 aliphatic carbocycles. The Hall–Kier alpha value is -0.220. The van der Waals surface area contributed by atoms with Crippen molar-refractivity contribution in [3.8, 4) is 0 Å².